The van der Waals surface area contributed by atoms with E-state index in [-0.39, 0.29) is 5.41 Å². The minimum Gasteiger partial charge on any atom is -0.198 e. The molecule has 0 heterocycles. The highest BCUT2D eigenvalue weighted by Gasteiger charge is 2.37. The summed E-state index contributed by atoms with van der Waals surface area (Å²) in [5.41, 5.74) is 3.52. The van der Waals surface area contributed by atoms with E-state index in [4.69, 9.17) is 11.6 Å². The quantitative estimate of drug-likeness (QED) is 0.800. The first-order chi connectivity index (χ1) is 9.21. The summed E-state index contributed by atoms with van der Waals surface area (Å²) in [4.78, 5) is 0. The van der Waals surface area contributed by atoms with Gasteiger partial charge in [-0.2, -0.15) is 5.26 Å². The summed E-state index contributed by atoms with van der Waals surface area (Å²) >= 11 is 5.90. The van der Waals surface area contributed by atoms with E-state index in [1.807, 2.05) is 24.3 Å². The lowest BCUT2D eigenvalue weighted by Gasteiger charge is -2.20. The molecular weight excluding hydrogens is 254 g/mol. The van der Waals surface area contributed by atoms with Gasteiger partial charge in [-0.3, -0.25) is 0 Å². The SMILES string of the molecule is N#CC1(Cc2ccc(Cl)cc2)Cc2ccccc2C1. The standard InChI is InChI=1S/C17H14ClN/c18-16-7-5-13(6-8-16)9-17(12-19)10-14-3-1-2-4-15(14)11-17/h1-8H,9-11H2. The number of nitriles is 1. The zero-order chi connectivity index (χ0) is 13.3. The maximum atomic E-state index is 9.63. The number of nitrogens with zero attached hydrogens (tertiary/aromatic N) is 1. The Hall–Kier alpha value is -1.78. The highest BCUT2D eigenvalue weighted by molar-refractivity contribution is 6.30. The minimum atomic E-state index is -0.294. The van der Waals surface area contributed by atoms with Gasteiger partial charge in [0.1, 0.15) is 0 Å². The summed E-state index contributed by atoms with van der Waals surface area (Å²) in [6.45, 7) is 0. The molecule has 0 fully saturated rings. The third kappa shape index (κ3) is 2.37. The number of hydrogen-bond donors (Lipinski definition) is 0. The molecule has 1 aliphatic rings. The van der Waals surface area contributed by atoms with Crippen molar-refractivity contribution in [1.29, 1.82) is 5.26 Å². The molecule has 0 aliphatic heterocycles. The first-order valence-corrected chi connectivity index (χ1v) is 6.81. The van der Waals surface area contributed by atoms with Crippen LogP contribution in [0.1, 0.15) is 16.7 Å². The van der Waals surface area contributed by atoms with Crippen molar-refractivity contribution in [2.24, 2.45) is 5.41 Å². The third-order valence-electron chi connectivity index (χ3n) is 3.87. The van der Waals surface area contributed by atoms with Crippen molar-refractivity contribution in [1.82, 2.24) is 0 Å². The largest absolute Gasteiger partial charge is 0.198 e. The van der Waals surface area contributed by atoms with Gasteiger partial charge in [0.05, 0.1) is 11.5 Å². The van der Waals surface area contributed by atoms with Crippen LogP contribution in [0.2, 0.25) is 5.02 Å². The fourth-order valence-electron chi connectivity index (χ4n) is 2.93. The van der Waals surface area contributed by atoms with Crippen LogP contribution in [0.25, 0.3) is 0 Å². The Balaban J connectivity index is 1.87. The van der Waals surface area contributed by atoms with Crippen LogP contribution in [0.3, 0.4) is 0 Å². The lowest BCUT2D eigenvalue weighted by Crippen LogP contribution is -2.22. The molecule has 0 unspecified atom stereocenters. The van der Waals surface area contributed by atoms with Crippen molar-refractivity contribution >= 4 is 11.6 Å². The van der Waals surface area contributed by atoms with Gasteiger partial charge in [0.2, 0.25) is 0 Å². The van der Waals surface area contributed by atoms with Crippen LogP contribution in [-0.2, 0) is 19.3 Å². The molecule has 94 valence electrons. The molecule has 0 bridgehead atoms. The second-order valence-corrected chi connectivity index (χ2v) is 5.75. The molecule has 0 N–H and O–H groups in total. The number of halogens is 1. The van der Waals surface area contributed by atoms with E-state index < -0.39 is 0 Å². The van der Waals surface area contributed by atoms with Crippen LogP contribution < -0.4 is 0 Å². The van der Waals surface area contributed by atoms with Crippen LogP contribution in [-0.4, -0.2) is 0 Å². The molecule has 1 nitrogen and oxygen atoms in total. The molecule has 2 heteroatoms. The molecule has 2 aromatic rings. The maximum absolute atomic E-state index is 9.63. The fourth-order valence-corrected chi connectivity index (χ4v) is 3.06. The molecule has 3 rings (SSSR count). The van der Waals surface area contributed by atoms with Crippen LogP contribution in [0.5, 0.6) is 0 Å². The average molecular weight is 268 g/mol. The number of benzene rings is 2. The zero-order valence-electron chi connectivity index (χ0n) is 10.6. The molecule has 0 spiro atoms. The molecule has 1 aliphatic carbocycles. The molecule has 0 atom stereocenters. The van der Waals surface area contributed by atoms with Crippen LogP contribution in [0, 0.1) is 16.7 Å². The highest BCUT2D eigenvalue weighted by Crippen LogP contribution is 2.39. The van der Waals surface area contributed by atoms with Gasteiger partial charge in [-0.05, 0) is 48.1 Å². The summed E-state index contributed by atoms with van der Waals surface area (Å²) in [5, 5.41) is 10.4. The molecule has 0 radical (unpaired) electrons. The van der Waals surface area contributed by atoms with Crippen molar-refractivity contribution in [3.05, 3.63) is 70.2 Å². The van der Waals surface area contributed by atoms with Crippen LogP contribution in [0.4, 0.5) is 0 Å². The van der Waals surface area contributed by atoms with Crippen molar-refractivity contribution in [3.8, 4) is 6.07 Å². The van der Waals surface area contributed by atoms with E-state index >= 15 is 0 Å². The molecule has 0 saturated heterocycles. The van der Waals surface area contributed by atoms with Gasteiger partial charge >= 0.3 is 0 Å². The van der Waals surface area contributed by atoms with Gasteiger partial charge in [-0.15, -0.1) is 0 Å². The second-order valence-electron chi connectivity index (χ2n) is 5.32. The van der Waals surface area contributed by atoms with E-state index in [2.05, 4.69) is 30.3 Å². The normalized spacial score (nSPS) is 15.8. The molecule has 0 aromatic heterocycles. The maximum Gasteiger partial charge on any atom is 0.0700 e. The van der Waals surface area contributed by atoms with Crippen molar-refractivity contribution < 1.29 is 0 Å². The summed E-state index contributed by atoms with van der Waals surface area (Å²) in [6, 6.07) is 18.7. The topological polar surface area (TPSA) is 23.8 Å². The highest BCUT2D eigenvalue weighted by atomic mass is 35.5. The number of rotatable bonds is 2. The molecule has 0 saturated carbocycles. The van der Waals surface area contributed by atoms with E-state index in [0.717, 1.165) is 24.3 Å². The number of fused-ring (bicyclic) bond motifs is 1. The Morgan fingerprint density at radius 1 is 1.00 bits per heavy atom. The van der Waals surface area contributed by atoms with Crippen LogP contribution in [0.15, 0.2) is 48.5 Å². The first kappa shape index (κ1) is 12.3. The average Bonchev–Trinajstić information content (AvgIpc) is 2.80. The van der Waals surface area contributed by atoms with Crippen molar-refractivity contribution in [2.45, 2.75) is 19.3 Å². The Morgan fingerprint density at radius 3 is 2.11 bits per heavy atom. The Morgan fingerprint density at radius 2 is 1.58 bits per heavy atom. The van der Waals surface area contributed by atoms with Gasteiger partial charge in [0.15, 0.2) is 0 Å². The van der Waals surface area contributed by atoms with Crippen molar-refractivity contribution in [3.63, 3.8) is 0 Å². The number of hydrogen-bond acceptors (Lipinski definition) is 1. The van der Waals surface area contributed by atoms with Gasteiger partial charge in [-0.1, -0.05) is 48.0 Å². The third-order valence-corrected chi connectivity index (χ3v) is 4.12. The molecular formula is C17H14ClN. The van der Waals surface area contributed by atoms with E-state index in [1.165, 1.54) is 16.7 Å². The van der Waals surface area contributed by atoms with Gasteiger partial charge in [0.25, 0.3) is 0 Å². The van der Waals surface area contributed by atoms with Gasteiger partial charge < -0.3 is 0 Å². The smallest absolute Gasteiger partial charge is 0.0700 e. The summed E-state index contributed by atoms with van der Waals surface area (Å²) < 4.78 is 0. The molecule has 19 heavy (non-hydrogen) atoms. The molecule has 2 aromatic carbocycles. The minimum absolute atomic E-state index is 0.294. The first-order valence-electron chi connectivity index (χ1n) is 6.43. The Bertz CT molecular complexity index is 612. The van der Waals surface area contributed by atoms with E-state index in [0.29, 0.717) is 0 Å². The summed E-state index contributed by atoms with van der Waals surface area (Å²) in [6.07, 6.45) is 2.49. The summed E-state index contributed by atoms with van der Waals surface area (Å²) in [7, 11) is 0. The Kier molecular flexibility index (Phi) is 3.05. The van der Waals surface area contributed by atoms with Gasteiger partial charge in [-0.25, -0.2) is 0 Å². The van der Waals surface area contributed by atoms with E-state index in [1.54, 1.807) is 0 Å². The predicted molar refractivity (Wildman–Crippen MR) is 77.1 cm³/mol. The Labute approximate surface area is 118 Å². The van der Waals surface area contributed by atoms with Crippen LogP contribution >= 0.6 is 11.6 Å². The van der Waals surface area contributed by atoms with Crippen molar-refractivity contribution in [2.75, 3.05) is 0 Å². The zero-order valence-corrected chi connectivity index (χ0v) is 11.3. The fraction of sp³-hybridized carbons (Fsp3) is 0.235. The monoisotopic (exact) mass is 267 g/mol. The van der Waals surface area contributed by atoms with Gasteiger partial charge in [0, 0.05) is 5.02 Å². The molecule has 0 amide bonds. The second kappa shape index (κ2) is 4.72. The lowest BCUT2D eigenvalue weighted by atomic mass is 9.80. The van der Waals surface area contributed by atoms with E-state index in [9.17, 15) is 5.26 Å². The predicted octanol–water partition coefficient (Wildman–Crippen LogP) is 4.19. The lowest BCUT2D eigenvalue weighted by molar-refractivity contribution is 0.418. The summed E-state index contributed by atoms with van der Waals surface area (Å²) in [5.74, 6) is 0.